The van der Waals surface area contributed by atoms with Crippen molar-refractivity contribution in [1.82, 2.24) is 19.9 Å². The average Bonchev–Trinajstić information content (AvgIpc) is 3.27. The second kappa shape index (κ2) is 26.1. The van der Waals surface area contributed by atoms with Crippen molar-refractivity contribution < 1.29 is 32.6 Å². The Kier molecular flexibility index (Phi) is 21.8. The Morgan fingerprint density at radius 2 is 1.22 bits per heavy atom. The number of rotatable bonds is 11. The maximum absolute atomic E-state index is 13.2. The van der Waals surface area contributed by atoms with Gasteiger partial charge in [-0.1, -0.05) is 68.2 Å². The molecule has 0 unspecified atom stereocenters. The molecule has 0 aliphatic carbocycles. The van der Waals surface area contributed by atoms with Gasteiger partial charge in [-0.3, -0.25) is 14.8 Å². The zero-order valence-electron chi connectivity index (χ0n) is 38.3. The van der Waals surface area contributed by atoms with Gasteiger partial charge < -0.3 is 25.3 Å². The molecule has 4 N–H and O–H groups in total. The number of aromatic nitrogens is 4. The molecular formula is C48H57AlCl2F2N6O5Si. The van der Waals surface area contributed by atoms with Crippen LogP contribution in [0.3, 0.4) is 0 Å². The van der Waals surface area contributed by atoms with Gasteiger partial charge in [-0.25, -0.2) is 23.5 Å². The summed E-state index contributed by atoms with van der Waals surface area (Å²) in [7, 11) is -0.404. The molecule has 11 nitrogen and oxygen atoms in total. The summed E-state index contributed by atoms with van der Waals surface area (Å²) in [5, 5.41) is 12.0. The third-order valence-corrected chi connectivity index (χ3v) is 14.6. The molecule has 65 heavy (non-hydrogen) atoms. The van der Waals surface area contributed by atoms with E-state index < -0.39 is 20.0 Å². The first kappa shape index (κ1) is 54.2. The highest BCUT2D eigenvalue weighted by Crippen LogP contribution is 2.37. The SMILES string of the molecule is COC(=O)c1ccc(CO[Si](C)(C)C(C)(C)C)nc1.Nc1ccc(Cc2ccc(F)c(Cl)c2)cn1.O=C(Nc1ccc(Cc2ccc(F)c(Cl)c2)cn1)c1ccc(CO)nc1.[CH3][Al]([CH3])[CH3]. The van der Waals surface area contributed by atoms with Crippen molar-refractivity contribution in [3.8, 4) is 0 Å². The summed E-state index contributed by atoms with van der Waals surface area (Å²) in [5.74, 6) is 6.24. The van der Waals surface area contributed by atoms with E-state index in [2.05, 4.69) is 81.2 Å². The number of aliphatic hydroxyl groups is 1. The van der Waals surface area contributed by atoms with Crippen molar-refractivity contribution in [3.63, 3.8) is 0 Å². The third-order valence-electron chi connectivity index (χ3n) is 9.58. The number of amides is 1. The Labute approximate surface area is 396 Å². The summed E-state index contributed by atoms with van der Waals surface area (Å²) in [6.45, 7) is 11.3. The molecule has 344 valence electrons. The van der Waals surface area contributed by atoms with Crippen LogP contribution in [0.4, 0.5) is 20.4 Å². The highest BCUT2D eigenvalue weighted by molar-refractivity contribution is 6.74. The van der Waals surface area contributed by atoms with Crippen molar-refractivity contribution in [2.24, 2.45) is 0 Å². The average molecular weight is 962 g/mol. The van der Waals surface area contributed by atoms with Crippen LogP contribution in [-0.4, -0.2) is 66.5 Å². The highest BCUT2D eigenvalue weighted by atomic mass is 35.5. The summed E-state index contributed by atoms with van der Waals surface area (Å²) in [4.78, 5) is 39.8. The van der Waals surface area contributed by atoms with E-state index in [1.54, 1.807) is 73.1 Å². The number of aliphatic hydroxyl groups excluding tert-OH is 1. The van der Waals surface area contributed by atoms with Gasteiger partial charge in [-0.2, -0.15) is 0 Å². The van der Waals surface area contributed by atoms with Crippen molar-refractivity contribution in [1.29, 1.82) is 0 Å². The maximum Gasteiger partial charge on any atom is 0.339 e. The van der Waals surface area contributed by atoms with Gasteiger partial charge in [0.25, 0.3) is 20.1 Å². The van der Waals surface area contributed by atoms with Crippen LogP contribution in [0.25, 0.3) is 0 Å². The Hall–Kier alpha value is -5.11. The van der Waals surface area contributed by atoms with Crippen LogP contribution >= 0.6 is 23.2 Å². The van der Waals surface area contributed by atoms with Crippen LogP contribution in [0.1, 0.15) is 75.1 Å². The first-order valence-corrected chi connectivity index (χ1v) is 27.8. The lowest BCUT2D eigenvalue weighted by Crippen LogP contribution is -2.40. The molecule has 0 bridgehead atoms. The van der Waals surface area contributed by atoms with Gasteiger partial charge in [0, 0.05) is 24.8 Å². The number of anilines is 2. The standard InChI is InChI=1S/C19H15ClFN3O2.C14H23NO3Si.C12H10ClFN2.3CH3.Al/c20-16-8-12(1-5-17(16)21)7-13-2-6-18(23-9-13)24-19(26)14-3-4-15(11-25)22-10-14;1-14(2,3)19(5,6)18-10-12-8-7-11(9-15-12)13(16)17-4;13-10-6-8(1-3-11(10)14)5-9-2-4-12(15)16-7-9;;;;/h1-6,8-10,25H,7,11H2,(H,23,24,26);7-9H,10H2,1-6H3;1-4,6-7H,5H2,(H2,15,16);3*1H3;. The van der Waals surface area contributed by atoms with Crippen LogP contribution in [0.5, 0.6) is 0 Å². The summed E-state index contributed by atoms with van der Waals surface area (Å²) in [6.07, 6.45) is 7.47. The zero-order valence-corrected chi connectivity index (χ0v) is 41.9. The number of nitrogens with two attached hydrogens (primary N) is 1. The zero-order chi connectivity index (χ0) is 48.3. The molecule has 4 heterocycles. The molecule has 1 amide bonds. The topological polar surface area (TPSA) is 162 Å². The molecule has 0 aliphatic rings. The number of pyridine rings is 4. The molecule has 0 radical (unpaired) electrons. The summed E-state index contributed by atoms with van der Waals surface area (Å²) in [5.41, 5.74) is 11.4. The predicted octanol–water partition coefficient (Wildman–Crippen LogP) is 11.4. The van der Waals surface area contributed by atoms with Gasteiger partial charge in [-0.05, 0) is 114 Å². The second-order valence-electron chi connectivity index (χ2n) is 17.0. The fourth-order valence-electron chi connectivity index (χ4n) is 4.97. The minimum absolute atomic E-state index is 0.0835. The minimum atomic E-state index is -1.76. The van der Waals surface area contributed by atoms with Crippen LogP contribution in [0.15, 0.2) is 110 Å². The van der Waals surface area contributed by atoms with Crippen LogP contribution in [-0.2, 0) is 35.2 Å². The maximum atomic E-state index is 13.2. The lowest BCUT2D eigenvalue weighted by Gasteiger charge is -2.36. The first-order chi connectivity index (χ1) is 30.6. The Morgan fingerprint density at radius 1 is 0.723 bits per heavy atom. The quantitative estimate of drug-likeness (QED) is 0.0841. The molecule has 6 rings (SSSR count). The number of carbonyl (C=O) groups excluding carboxylic acids is 2. The Morgan fingerprint density at radius 3 is 1.63 bits per heavy atom. The van der Waals surface area contributed by atoms with Crippen LogP contribution in [0, 0.1) is 11.6 Å². The van der Waals surface area contributed by atoms with Crippen molar-refractivity contribution >= 4 is 69.2 Å². The smallest absolute Gasteiger partial charge is 0.339 e. The fourth-order valence-corrected chi connectivity index (χ4v) is 6.32. The molecule has 0 atom stereocenters. The monoisotopic (exact) mass is 960 g/mol. The number of benzene rings is 2. The van der Waals surface area contributed by atoms with Crippen LogP contribution in [0.2, 0.25) is 45.5 Å². The normalized spacial score (nSPS) is 10.8. The molecule has 0 aliphatic heterocycles. The van der Waals surface area contributed by atoms with Crippen molar-refractivity contribution in [2.75, 3.05) is 18.2 Å². The summed E-state index contributed by atoms with van der Waals surface area (Å²) < 4.78 is 36.8. The highest BCUT2D eigenvalue weighted by Gasteiger charge is 2.37. The van der Waals surface area contributed by atoms with Gasteiger partial charge >= 0.3 is 5.97 Å². The molecule has 0 saturated carbocycles. The molecular weight excluding hydrogens is 905 g/mol. The third kappa shape index (κ3) is 19.1. The van der Waals surface area contributed by atoms with Gasteiger partial charge in [0.15, 0.2) is 8.32 Å². The number of esters is 1. The van der Waals surface area contributed by atoms with E-state index in [-0.39, 0.29) is 47.7 Å². The van der Waals surface area contributed by atoms with Gasteiger partial charge in [0.05, 0.1) is 52.9 Å². The number of ether oxygens (including phenoxy) is 1. The Bertz CT molecular complexity index is 2420. The lowest BCUT2D eigenvalue weighted by molar-refractivity contribution is 0.0600. The number of nitrogens with zero attached hydrogens (tertiary/aromatic N) is 4. The lowest BCUT2D eigenvalue weighted by atomic mass is 10.1. The fraction of sp³-hybridized carbons (Fsp3) is 0.292. The van der Waals surface area contributed by atoms with Crippen molar-refractivity contribution in [2.45, 2.75) is 82.3 Å². The molecule has 0 spiro atoms. The van der Waals surface area contributed by atoms with E-state index in [1.165, 1.54) is 31.6 Å². The van der Waals surface area contributed by atoms with E-state index in [0.717, 1.165) is 27.9 Å². The second-order valence-corrected chi connectivity index (χ2v) is 26.0. The predicted molar refractivity (Wildman–Crippen MR) is 260 cm³/mol. The largest absolute Gasteiger partial charge is 0.465 e. The number of halogens is 4. The number of methoxy groups -OCH3 is 1. The van der Waals surface area contributed by atoms with E-state index in [1.807, 2.05) is 12.1 Å². The van der Waals surface area contributed by atoms with Crippen LogP contribution < -0.4 is 11.1 Å². The Balaban J connectivity index is 0.000000256. The first-order valence-electron chi connectivity index (χ1n) is 20.7. The van der Waals surface area contributed by atoms with E-state index in [9.17, 15) is 18.4 Å². The molecule has 0 fully saturated rings. The van der Waals surface area contributed by atoms with E-state index in [0.29, 0.717) is 47.9 Å². The molecule has 4 aromatic heterocycles. The van der Waals surface area contributed by atoms with E-state index in [4.69, 9.17) is 38.5 Å². The number of carbonyl (C=O) groups is 2. The minimum Gasteiger partial charge on any atom is -0.465 e. The van der Waals surface area contributed by atoms with E-state index >= 15 is 0 Å². The number of hydrogen-bond acceptors (Lipinski definition) is 10. The molecule has 6 aromatic rings. The molecule has 0 saturated heterocycles. The van der Waals surface area contributed by atoms with Gasteiger partial charge in [-0.15, -0.1) is 17.4 Å². The van der Waals surface area contributed by atoms with Crippen molar-refractivity contribution in [3.05, 3.63) is 176 Å². The van der Waals surface area contributed by atoms with Gasteiger partial charge in [0.1, 0.15) is 23.3 Å². The van der Waals surface area contributed by atoms with Gasteiger partial charge in [0.2, 0.25) is 0 Å². The number of nitrogens with one attached hydrogen (secondary N) is 1. The summed E-state index contributed by atoms with van der Waals surface area (Å²) in [6, 6.07) is 23.1. The summed E-state index contributed by atoms with van der Waals surface area (Å²) >= 11 is 11.3. The number of nitrogen functional groups attached to an aromatic ring is 1. The molecule has 17 heteroatoms. The number of hydrogen-bond donors (Lipinski definition) is 3. The molecule has 2 aromatic carbocycles.